The number of aryl methyl sites for hydroxylation is 1. The Hall–Kier alpha value is -1.47. The Morgan fingerprint density at radius 1 is 1.40 bits per heavy atom. The van der Waals surface area contributed by atoms with Crippen molar-refractivity contribution in [1.82, 2.24) is 14.8 Å². The molecule has 0 spiro atoms. The van der Waals surface area contributed by atoms with Crippen molar-refractivity contribution in [3.8, 4) is 0 Å². The summed E-state index contributed by atoms with van der Waals surface area (Å²) in [6.07, 6.45) is 0. The van der Waals surface area contributed by atoms with E-state index in [2.05, 4.69) is 10.2 Å². The van der Waals surface area contributed by atoms with Crippen molar-refractivity contribution in [3.63, 3.8) is 0 Å². The van der Waals surface area contributed by atoms with E-state index in [0.29, 0.717) is 5.16 Å². The second-order valence-electron chi connectivity index (χ2n) is 5.12. The van der Waals surface area contributed by atoms with Gasteiger partial charge in [-0.1, -0.05) is 11.8 Å². The van der Waals surface area contributed by atoms with Crippen LogP contribution in [0.5, 0.6) is 0 Å². The molecule has 0 bridgehead atoms. The number of hydrogen-bond donors (Lipinski definition) is 2. The summed E-state index contributed by atoms with van der Waals surface area (Å²) in [6, 6.07) is 3.74. The molecule has 2 aromatic rings. The maximum Gasteiger partial charge on any atom is 0.344 e. The van der Waals surface area contributed by atoms with E-state index in [1.165, 1.54) is 11.8 Å². The Morgan fingerprint density at radius 2 is 2.10 bits per heavy atom. The lowest BCUT2D eigenvalue weighted by Crippen LogP contribution is -2.24. The molecule has 0 saturated heterocycles. The van der Waals surface area contributed by atoms with E-state index in [-0.39, 0.29) is 23.0 Å². The molecule has 2 unspecified atom stereocenters. The minimum absolute atomic E-state index is 0.0378. The molecule has 0 fully saturated rings. The van der Waals surface area contributed by atoms with E-state index in [1.54, 1.807) is 4.57 Å². The molecule has 6 nitrogen and oxygen atoms in total. The predicted octanol–water partition coefficient (Wildman–Crippen LogP) is 2.23. The Kier molecular flexibility index (Phi) is 4.39. The molecule has 2 heterocycles. The molecular weight excluding hydrogens is 276 g/mol. The van der Waals surface area contributed by atoms with Crippen LogP contribution in [-0.2, 0) is 0 Å². The lowest BCUT2D eigenvalue weighted by Gasteiger charge is -2.18. The van der Waals surface area contributed by atoms with Gasteiger partial charge in [-0.25, -0.2) is 9.89 Å². The third-order valence-corrected chi connectivity index (χ3v) is 4.35. The first-order chi connectivity index (χ1) is 9.40. The molecule has 0 saturated carbocycles. The van der Waals surface area contributed by atoms with E-state index in [0.717, 1.165) is 11.5 Å². The predicted molar refractivity (Wildman–Crippen MR) is 78.9 cm³/mol. The highest BCUT2D eigenvalue weighted by atomic mass is 32.2. The molecule has 0 amide bonds. The van der Waals surface area contributed by atoms with Gasteiger partial charge in [-0.05, 0) is 39.8 Å². The molecule has 3 N–H and O–H groups in total. The molecule has 110 valence electrons. The van der Waals surface area contributed by atoms with E-state index >= 15 is 0 Å². The molecule has 0 aromatic carbocycles. The van der Waals surface area contributed by atoms with Crippen molar-refractivity contribution in [2.45, 2.75) is 50.2 Å². The van der Waals surface area contributed by atoms with Crippen LogP contribution in [0.2, 0.25) is 0 Å². The van der Waals surface area contributed by atoms with Crippen molar-refractivity contribution in [2.75, 3.05) is 0 Å². The number of nitrogens with zero attached hydrogens (tertiary/aromatic N) is 2. The molecule has 0 aliphatic heterocycles. The number of rotatable bonds is 5. The molecule has 20 heavy (non-hydrogen) atoms. The van der Waals surface area contributed by atoms with Gasteiger partial charge in [-0.3, -0.25) is 4.57 Å². The molecule has 2 rings (SSSR count). The van der Waals surface area contributed by atoms with Gasteiger partial charge >= 0.3 is 5.69 Å². The fourth-order valence-corrected chi connectivity index (χ4v) is 3.16. The SMILES string of the molecule is Cc1ccc(C(Sc2n[nH]c(=O)n2C(C)C)C(C)N)o1. The summed E-state index contributed by atoms with van der Waals surface area (Å²) in [5.41, 5.74) is 5.85. The molecule has 0 aliphatic carbocycles. The smallest absolute Gasteiger partial charge is 0.344 e. The maximum absolute atomic E-state index is 11.8. The zero-order valence-electron chi connectivity index (χ0n) is 12.1. The first kappa shape index (κ1) is 14.9. The molecule has 2 aromatic heterocycles. The highest BCUT2D eigenvalue weighted by Crippen LogP contribution is 2.37. The second-order valence-corrected chi connectivity index (χ2v) is 6.23. The van der Waals surface area contributed by atoms with Gasteiger partial charge in [-0.2, -0.15) is 0 Å². The zero-order chi connectivity index (χ0) is 14.9. The average molecular weight is 296 g/mol. The molecular formula is C13H20N4O2S. The van der Waals surface area contributed by atoms with Gasteiger partial charge < -0.3 is 10.2 Å². The largest absolute Gasteiger partial charge is 0.465 e. The molecule has 7 heteroatoms. The summed E-state index contributed by atoms with van der Waals surface area (Å²) in [6.45, 7) is 7.70. The van der Waals surface area contributed by atoms with Crippen LogP contribution < -0.4 is 11.4 Å². The fraction of sp³-hybridized carbons (Fsp3) is 0.538. The molecule has 2 atom stereocenters. The Bertz CT molecular complexity index is 626. The number of nitrogens with one attached hydrogen (secondary N) is 1. The zero-order valence-corrected chi connectivity index (χ0v) is 12.9. The monoisotopic (exact) mass is 296 g/mol. The van der Waals surface area contributed by atoms with Crippen LogP contribution in [0.15, 0.2) is 26.5 Å². The number of aromatic nitrogens is 3. The van der Waals surface area contributed by atoms with Crippen molar-refractivity contribution in [2.24, 2.45) is 5.73 Å². The lowest BCUT2D eigenvalue weighted by molar-refractivity contribution is 0.463. The lowest BCUT2D eigenvalue weighted by atomic mass is 10.2. The van der Waals surface area contributed by atoms with Crippen LogP contribution in [0.3, 0.4) is 0 Å². The van der Waals surface area contributed by atoms with Crippen LogP contribution >= 0.6 is 11.8 Å². The van der Waals surface area contributed by atoms with E-state index < -0.39 is 0 Å². The van der Waals surface area contributed by atoms with Crippen molar-refractivity contribution >= 4 is 11.8 Å². The normalized spacial score (nSPS) is 14.7. The van der Waals surface area contributed by atoms with Crippen LogP contribution in [0.1, 0.15) is 43.6 Å². The van der Waals surface area contributed by atoms with Crippen molar-refractivity contribution in [1.29, 1.82) is 0 Å². The van der Waals surface area contributed by atoms with Gasteiger partial charge in [0.15, 0.2) is 5.16 Å². The third kappa shape index (κ3) is 2.99. The minimum Gasteiger partial charge on any atom is -0.465 e. The third-order valence-electron chi connectivity index (χ3n) is 2.94. The first-order valence-corrected chi connectivity index (χ1v) is 7.43. The highest BCUT2D eigenvalue weighted by molar-refractivity contribution is 7.99. The number of nitrogens with two attached hydrogens (primary N) is 1. The summed E-state index contributed by atoms with van der Waals surface area (Å²) in [4.78, 5) is 11.8. The van der Waals surface area contributed by atoms with Crippen LogP contribution in [0, 0.1) is 6.92 Å². The van der Waals surface area contributed by atoms with Gasteiger partial charge in [0.1, 0.15) is 11.5 Å². The van der Waals surface area contributed by atoms with Crippen LogP contribution in [0.25, 0.3) is 0 Å². The summed E-state index contributed by atoms with van der Waals surface area (Å²) in [5, 5.41) is 7.11. The Balaban J connectivity index is 2.32. The molecule has 0 radical (unpaired) electrons. The number of furan rings is 1. The second kappa shape index (κ2) is 5.88. The fourth-order valence-electron chi connectivity index (χ4n) is 1.97. The quantitative estimate of drug-likeness (QED) is 0.826. The van der Waals surface area contributed by atoms with Crippen LogP contribution in [0.4, 0.5) is 0 Å². The highest BCUT2D eigenvalue weighted by Gasteiger charge is 2.24. The number of aromatic amines is 1. The summed E-state index contributed by atoms with van der Waals surface area (Å²) in [7, 11) is 0. The minimum atomic E-state index is -0.207. The summed E-state index contributed by atoms with van der Waals surface area (Å²) < 4.78 is 7.28. The van der Waals surface area contributed by atoms with E-state index in [9.17, 15) is 4.79 Å². The van der Waals surface area contributed by atoms with Gasteiger partial charge in [0.05, 0.1) is 5.25 Å². The standard InChI is InChI=1S/C13H20N4O2S/c1-7(2)17-12(18)15-16-13(17)20-11(9(4)14)10-6-5-8(3)19-10/h5-7,9,11H,14H2,1-4H3,(H,15,18). The van der Waals surface area contributed by atoms with Gasteiger partial charge in [-0.15, -0.1) is 5.10 Å². The number of thioether (sulfide) groups is 1. The summed E-state index contributed by atoms with van der Waals surface area (Å²) >= 11 is 1.44. The van der Waals surface area contributed by atoms with Gasteiger partial charge in [0.25, 0.3) is 0 Å². The Labute approximate surface area is 121 Å². The van der Waals surface area contributed by atoms with Crippen molar-refractivity contribution < 1.29 is 4.42 Å². The first-order valence-electron chi connectivity index (χ1n) is 6.55. The van der Waals surface area contributed by atoms with Gasteiger partial charge in [0.2, 0.25) is 0 Å². The van der Waals surface area contributed by atoms with Crippen molar-refractivity contribution in [3.05, 3.63) is 34.1 Å². The maximum atomic E-state index is 11.8. The summed E-state index contributed by atoms with van der Waals surface area (Å²) in [5.74, 6) is 1.64. The number of H-pyrrole nitrogens is 1. The Morgan fingerprint density at radius 3 is 2.60 bits per heavy atom. The topological polar surface area (TPSA) is 89.8 Å². The van der Waals surface area contributed by atoms with E-state index in [1.807, 2.05) is 39.8 Å². The van der Waals surface area contributed by atoms with E-state index in [4.69, 9.17) is 10.2 Å². The van der Waals surface area contributed by atoms with Crippen LogP contribution in [-0.4, -0.2) is 20.8 Å². The van der Waals surface area contributed by atoms with Gasteiger partial charge in [0, 0.05) is 12.1 Å². The average Bonchev–Trinajstić information content (AvgIpc) is 2.92. The number of hydrogen-bond acceptors (Lipinski definition) is 5. The molecule has 0 aliphatic rings.